The predicted molar refractivity (Wildman–Crippen MR) is 68.9 cm³/mol. The maximum Gasteiger partial charge on any atom is 0.250 e. The first-order valence-electron chi connectivity index (χ1n) is 5.82. The van der Waals surface area contributed by atoms with Crippen molar-refractivity contribution in [1.82, 2.24) is 9.88 Å². The topological polar surface area (TPSA) is 51.1 Å². The van der Waals surface area contributed by atoms with Crippen LogP contribution in [0.4, 0.5) is 4.39 Å². The van der Waals surface area contributed by atoms with Crippen LogP contribution in [0.15, 0.2) is 53.5 Å². The van der Waals surface area contributed by atoms with Gasteiger partial charge in [-0.25, -0.2) is 4.39 Å². The molecule has 0 saturated carbocycles. The molecule has 1 heterocycles. The van der Waals surface area contributed by atoms with Crippen molar-refractivity contribution in [3.63, 3.8) is 0 Å². The molecule has 0 unspecified atom stereocenters. The first-order valence-corrected chi connectivity index (χ1v) is 5.82. The van der Waals surface area contributed by atoms with Gasteiger partial charge in [-0.2, -0.15) is 0 Å². The highest BCUT2D eigenvalue weighted by Gasteiger charge is 2.05. The molecule has 5 heteroatoms. The quantitative estimate of drug-likeness (QED) is 0.901. The van der Waals surface area contributed by atoms with Gasteiger partial charge < -0.3 is 9.88 Å². The molecule has 0 bridgehead atoms. The van der Waals surface area contributed by atoms with E-state index in [0.29, 0.717) is 5.56 Å². The number of rotatable bonds is 4. The molecule has 1 N–H and O–H groups in total. The minimum atomic E-state index is -0.361. The molecule has 0 aliphatic heterocycles. The van der Waals surface area contributed by atoms with Crippen LogP contribution >= 0.6 is 0 Å². The Morgan fingerprint density at radius 1 is 1.16 bits per heavy atom. The molecule has 0 aliphatic carbocycles. The number of nitrogens with zero attached hydrogens (tertiary/aromatic N) is 1. The minimum Gasteiger partial charge on any atom is -0.350 e. The van der Waals surface area contributed by atoms with Crippen LogP contribution < -0.4 is 10.9 Å². The average Bonchev–Trinajstić information content (AvgIpc) is 2.40. The number of amides is 1. The zero-order valence-electron chi connectivity index (χ0n) is 10.2. The first kappa shape index (κ1) is 13.0. The number of pyridine rings is 1. The van der Waals surface area contributed by atoms with Gasteiger partial charge in [0.25, 0.3) is 5.56 Å². The van der Waals surface area contributed by atoms with Gasteiger partial charge in [-0.3, -0.25) is 9.59 Å². The normalized spacial score (nSPS) is 10.2. The molecule has 4 nitrogen and oxygen atoms in total. The Labute approximate surface area is 109 Å². The van der Waals surface area contributed by atoms with Gasteiger partial charge >= 0.3 is 0 Å². The molecule has 0 saturated heterocycles. The summed E-state index contributed by atoms with van der Waals surface area (Å²) < 4.78 is 14.6. The van der Waals surface area contributed by atoms with Crippen molar-refractivity contribution >= 4 is 5.91 Å². The molecule has 1 aromatic carbocycles. The van der Waals surface area contributed by atoms with Crippen LogP contribution in [0.5, 0.6) is 0 Å². The summed E-state index contributed by atoms with van der Waals surface area (Å²) in [4.78, 5) is 23.1. The monoisotopic (exact) mass is 260 g/mol. The Kier molecular flexibility index (Phi) is 4.07. The molecule has 0 radical (unpaired) electrons. The summed E-state index contributed by atoms with van der Waals surface area (Å²) >= 11 is 0. The van der Waals surface area contributed by atoms with Crippen molar-refractivity contribution in [2.75, 3.05) is 0 Å². The van der Waals surface area contributed by atoms with Crippen molar-refractivity contribution in [1.29, 1.82) is 0 Å². The van der Waals surface area contributed by atoms with E-state index in [1.165, 1.54) is 22.9 Å². The van der Waals surface area contributed by atoms with E-state index in [0.717, 1.165) is 0 Å². The SMILES string of the molecule is O=C(Cn1ccccc1=O)NCc1ccccc1F. The van der Waals surface area contributed by atoms with Gasteiger partial charge in [-0.05, 0) is 12.1 Å². The molecule has 1 aromatic heterocycles. The summed E-state index contributed by atoms with van der Waals surface area (Å²) in [6.07, 6.45) is 1.53. The van der Waals surface area contributed by atoms with Gasteiger partial charge in [0.15, 0.2) is 0 Å². The van der Waals surface area contributed by atoms with Crippen LogP contribution in [0.1, 0.15) is 5.56 Å². The number of halogens is 1. The van der Waals surface area contributed by atoms with E-state index in [9.17, 15) is 14.0 Å². The second-order valence-corrected chi connectivity index (χ2v) is 4.03. The molecular weight excluding hydrogens is 247 g/mol. The number of aromatic nitrogens is 1. The molecule has 1 amide bonds. The molecule has 98 valence electrons. The average molecular weight is 260 g/mol. The summed E-state index contributed by atoms with van der Waals surface area (Å²) in [5, 5.41) is 2.58. The fourth-order valence-corrected chi connectivity index (χ4v) is 1.64. The lowest BCUT2D eigenvalue weighted by molar-refractivity contribution is -0.121. The molecular formula is C14H13FN2O2. The highest BCUT2D eigenvalue weighted by atomic mass is 19.1. The van der Waals surface area contributed by atoms with Crippen molar-refractivity contribution in [2.24, 2.45) is 0 Å². The van der Waals surface area contributed by atoms with E-state index in [2.05, 4.69) is 5.32 Å². The number of hydrogen-bond donors (Lipinski definition) is 1. The van der Waals surface area contributed by atoms with E-state index in [1.54, 1.807) is 30.3 Å². The third-order valence-corrected chi connectivity index (χ3v) is 2.65. The molecule has 2 rings (SSSR count). The van der Waals surface area contributed by atoms with Gasteiger partial charge in [0.2, 0.25) is 5.91 Å². The molecule has 0 fully saturated rings. The Hall–Kier alpha value is -2.43. The number of carbonyl (C=O) groups excluding carboxylic acids is 1. The van der Waals surface area contributed by atoms with Gasteiger partial charge in [0.1, 0.15) is 12.4 Å². The zero-order valence-corrected chi connectivity index (χ0v) is 10.2. The first-order chi connectivity index (χ1) is 9.16. The predicted octanol–water partition coefficient (Wildman–Crippen LogP) is 1.30. The molecule has 19 heavy (non-hydrogen) atoms. The number of benzene rings is 1. The third-order valence-electron chi connectivity index (χ3n) is 2.65. The van der Waals surface area contributed by atoms with Crippen molar-refractivity contribution in [2.45, 2.75) is 13.1 Å². The molecule has 0 atom stereocenters. The number of hydrogen-bond acceptors (Lipinski definition) is 2. The van der Waals surface area contributed by atoms with E-state index in [4.69, 9.17) is 0 Å². The van der Waals surface area contributed by atoms with E-state index in [-0.39, 0.29) is 30.4 Å². The highest BCUT2D eigenvalue weighted by Crippen LogP contribution is 2.05. The lowest BCUT2D eigenvalue weighted by Gasteiger charge is -2.07. The van der Waals surface area contributed by atoms with Crippen LogP contribution in [0.2, 0.25) is 0 Å². The zero-order chi connectivity index (χ0) is 13.7. The fourth-order valence-electron chi connectivity index (χ4n) is 1.64. The number of carbonyl (C=O) groups is 1. The Morgan fingerprint density at radius 3 is 2.63 bits per heavy atom. The standard InChI is InChI=1S/C14H13FN2O2/c15-12-6-2-1-5-11(12)9-16-13(18)10-17-8-4-3-7-14(17)19/h1-8H,9-10H2,(H,16,18). The summed E-state index contributed by atoms with van der Waals surface area (Å²) in [5.41, 5.74) is 0.166. The van der Waals surface area contributed by atoms with Crippen LogP contribution in [-0.2, 0) is 17.9 Å². The van der Waals surface area contributed by atoms with Gasteiger partial charge in [0.05, 0.1) is 0 Å². The fraction of sp³-hybridized carbons (Fsp3) is 0.143. The smallest absolute Gasteiger partial charge is 0.250 e. The molecule has 0 aliphatic rings. The maximum atomic E-state index is 13.3. The van der Waals surface area contributed by atoms with Crippen LogP contribution in [0.3, 0.4) is 0 Å². The summed E-state index contributed by atoms with van der Waals surface area (Å²) in [6, 6.07) is 10.9. The van der Waals surface area contributed by atoms with E-state index >= 15 is 0 Å². The Morgan fingerprint density at radius 2 is 1.89 bits per heavy atom. The second kappa shape index (κ2) is 5.95. The maximum absolute atomic E-state index is 13.3. The number of nitrogens with one attached hydrogen (secondary N) is 1. The van der Waals surface area contributed by atoms with Crippen LogP contribution in [-0.4, -0.2) is 10.5 Å². The second-order valence-electron chi connectivity index (χ2n) is 4.03. The minimum absolute atomic E-state index is 0.0753. The van der Waals surface area contributed by atoms with Gasteiger partial charge in [0, 0.05) is 24.4 Å². The lowest BCUT2D eigenvalue weighted by atomic mass is 10.2. The van der Waals surface area contributed by atoms with Gasteiger partial charge in [-0.15, -0.1) is 0 Å². The largest absolute Gasteiger partial charge is 0.350 e. The summed E-state index contributed by atoms with van der Waals surface area (Å²) in [6.45, 7) is 0.0290. The van der Waals surface area contributed by atoms with Crippen molar-refractivity contribution in [3.8, 4) is 0 Å². The molecule has 2 aromatic rings. The Balaban J connectivity index is 1.94. The lowest BCUT2D eigenvalue weighted by Crippen LogP contribution is -2.31. The van der Waals surface area contributed by atoms with Crippen LogP contribution in [0, 0.1) is 5.82 Å². The third kappa shape index (κ3) is 3.51. The summed E-state index contributed by atoms with van der Waals surface area (Å²) in [7, 11) is 0. The van der Waals surface area contributed by atoms with Crippen LogP contribution in [0.25, 0.3) is 0 Å². The Bertz CT molecular complexity index is 637. The van der Waals surface area contributed by atoms with Crippen molar-refractivity contribution < 1.29 is 9.18 Å². The molecule has 0 spiro atoms. The van der Waals surface area contributed by atoms with E-state index in [1.807, 2.05) is 0 Å². The van der Waals surface area contributed by atoms with Crippen molar-refractivity contribution in [3.05, 3.63) is 70.4 Å². The van der Waals surface area contributed by atoms with E-state index < -0.39 is 0 Å². The van der Waals surface area contributed by atoms with Gasteiger partial charge in [-0.1, -0.05) is 24.3 Å². The highest BCUT2D eigenvalue weighted by molar-refractivity contribution is 5.75. The summed E-state index contributed by atoms with van der Waals surface area (Å²) in [5.74, 6) is -0.698.